The van der Waals surface area contributed by atoms with Crippen LogP contribution in [-0.4, -0.2) is 55.2 Å². The highest BCUT2D eigenvalue weighted by Gasteiger charge is 2.36. The number of piperidine rings is 1. The fraction of sp³-hybridized carbons (Fsp3) is 0.409. The molecule has 5 heteroatoms. The molecule has 2 heterocycles. The molecule has 0 aliphatic carbocycles. The van der Waals surface area contributed by atoms with Gasteiger partial charge in [0.2, 0.25) is 0 Å². The predicted molar refractivity (Wildman–Crippen MR) is 106 cm³/mol. The first-order valence-electron chi connectivity index (χ1n) is 9.75. The third-order valence-electron chi connectivity index (χ3n) is 5.56. The summed E-state index contributed by atoms with van der Waals surface area (Å²) >= 11 is 0. The number of hydrogen-bond donors (Lipinski definition) is 1. The molecule has 2 aliphatic rings. The standard InChI is InChI=1S/C22H27N3O2/c1-24-14-11-18(12-15-24)25-21(17-7-3-2-4-8-17)19-9-5-6-10-20(19)27-16-13-23-22(25)26/h2-10,18,21H,11-16H2,1H3,(H,23,26). The van der Waals surface area contributed by atoms with Crippen molar-refractivity contribution in [2.45, 2.75) is 24.9 Å². The number of benzene rings is 2. The highest BCUT2D eigenvalue weighted by atomic mass is 16.5. The Kier molecular flexibility index (Phi) is 5.30. The number of likely N-dealkylation sites (tertiary alicyclic amines) is 1. The second-order valence-electron chi connectivity index (χ2n) is 7.37. The molecule has 1 N–H and O–H groups in total. The van der Waals surface area contributed by atoms with Crippen molar-refractivity contribution >= 4 is 6.03 Å². The van der Waals surface area contributed by atoms with E-state index in [0.717, 1.165) is 42.8 Å². The molecule has 2 amide bonds. The number of hydrogen-bond acceptors (Lipinski definition) is 3. The third-order valence-corrected chi connectivity index (χ3v) is 5.56. The monoisotopic (exact) mass is 365 g/mol. The Balaban J connectivity index is 1.82. The van der Waals surface area contributed by atoms with Gasteiger partial charge in [-0.15, -0.1) is 0 Å². The number of urea groups is 1. The summed E-state index contributed by atoms with van der Waals surface area (Å²) in [6.45, 7) is 3.01. The van der Waals surface area contributed by atoms with Crippen molar-refractivity contribution in [3.8, 4) is 5.75 Å². The number of carbonyl (C=O) groups excluding carboxylic acids is 1. The largest absolute Gasteiger partial charge is 0.491 e. The summed E-state index contributed by atoms with van der Waals surface area (Å²) in [7, 11) is 2.15. The summed E-state index contributed by atoms with van der Waals surface area (Å²) in [6.07, 6.45) is 1.96. The highest BCUT2D eigenvalue weighted by Crippen LogP contribution is 2.38. The van der Waals surface area contributed by atoms with Crippen molar-refractivity contribution in [3.05, 3.63) is 65.7 Å². The summed E-state index contributed by atoms with van der Waals surface area (Å²) in [5.74, 6) is 0.862. The van der Waals surface area contributed by atoms with E-state index in [1.54, 1.807) is 0 Å². The summed E-state index contributed by atoms with van der Waals surface area (Å²) < 4.78 is 6.01. The van der Waals surface area contributed by atoms with Crippen molar-refractivity contribution < 1.29 is 9.53 Å². The lowest BCUT2D eigenvalue weighted by Gasteiger charge is -2.42. The minimum absolute atomic E-state index is 0.00120. The van der Waals surface area contributed by atoms with Crippen molar-refractivity contribution in [2.24, 2.45) is 0 Å². The molecule has 2 aliphatic heterocycles. The smallest absolute Gasteiger partial charge is 0.318 e. The van der Waals surface area contributed by atoms with Gasteiger partial charge in [0.15, 0.2) is 0 Å². The molecule has 4 rings (SSSR count). The van der Waals surface area contributed by atoms with E-state index in [4.69, 9.17) is 4.74 Å². The molecule has 0 radical (unpaired) electrons. The normalized spacial score (nSPS) is 22.0. The molecule has 27 heavy (non-hydrogen) atoms. The average molecular weight is 365 g/mol. The molecule has 0 aromatic heterocycles. The van der Waals surface area contributed by atoms with Crippen LogP contribution in [0.5, 0.6) is 5.75 Å². The van der Waals surface area contributed by atoms with E-state index in [0.29, 0.717) is 13.2 Å². The van der Waals surface area contributed by atoms with E-state index < -0.39 is 0 Å². The summed E-state index contributed by atoms with van der Waals surface area (Å²) in [5, 5.41) is 3.07. The lowest BCUT2D eigenvalue weighted by molar-refractivity contribution is 0.114. The zero-order chi connectivity index (χ0) is 18.6. The van der Waals surface area contributed by atoms with Gasteiger partial charge in [0.1, 0.15) is 12.4 Å². The average Bonchev–Trinajstić information content (AvgIpc) is 2.77. The molecular formula is C22H27N3O2. The predicted octanol–water partition coefficient (Wildman–Crippen LogP) is 3.27. The van der Waals surface area contributed by atoms with Crippen LogP contribution >= 0.6 is 0 Å². The molecule has 0 saturated carbocycles. The van der Waals surface area contributed by atoms with Crippen LogP contribution in [0.25, 0.3) is 0 Å². The van der Waals surface area contributed by atoms with E-state index in [1.165, 1.54) is 0 Å². The Morgan fingerprint density at radius 1 is 1.00 bits per heavy atom. The lowest BCUT2D eigenvalue weighted by Crippen LogP contribution is -2.52. The first kappa shape index (κ1) is 17.9. The third kappa shape index (κ3) is 3.78. The molecule has 2 aromatic carbocycles. The minimum atomic E-state index is -0.158. The van der Waals surface area contributed by atoms with Gasteiger partial charge in [0.05, 0.1) is 12.6 Å². The maximum absolute atomic E-state index is 13.2. The fourth-order valence-corrected chi connectivity index (χ4v) is 4.14. The van der Waals surface area contributed by atoms with Gasteiger partial charge in [-0.25, -0.2) is 4.79 Å². The van der Waals surface area contributed by atoms with Gasteiger partial charge in [-0.2, -0.15) is 0 Å². The van der Waals surface area contributed by atoms with E-state index in [9.17, 15) is 4.79 Å². The SMILES string of the molecule is CN1CCC(N2C(=O)NCCOc3ccccc3C2c2ccccc2)CC1. The van der Waals surface area contributed by atoms with Gasteiger partial charge in [0.25, 0.3) is 0 Å². The second-order valence-corrected chi connectivity index (χ2v) is 7.37. The maximum Gasteiger partial charge on any atom is 0.318 e. The Morgan fingerprint density at radius 2 is 1.70 bits per heavy atom. The van der Waals surface area contributed by atoms with Crippen LogP contribution in [0.1, 0.15) is 30.0 Å². The topological polar surface area (TPSA) is 44.8 Å². The van der Waals surface area contributed by atoms with Gasteiger partial charge >= 0.3 is 6.03 Å². The van der Waals surface area contributed by atoms with Crippen molar-refractivity contribution in [1.29, 1.82) is 0 Å². The number of rotatable bonds is 2. The highest BCUT2D eigenvalue weighted by molar-refractivity contribution is 5.76. The first-order valence-corrected chi connectivity index (χ1v) is 9.75. The number of fused-ring (bicyclic) bond motifs is 1. The molecule has 1 unspecified atom stereocenters. The van der Waals surface area contributed by atoms with Gasteiger partial charge in [-0.3, -0.25) is 0 Å². The molecule has 1 saturated heterocycles. The summed E-state index contributed by atoms with van der Waals surface area (Å²) in [6, 6.07) is 18.5. The maximum atomic E-state index is 13.2. The Labute approximate surface area is 160 Å². The number of nitrogens with one attached hydrogen (secondary N) is 1. The van der Waals surface area contributed by atoms with Gasteiger partial charge < -0.3 is 19.9 Å². The fourth-order valence-electron chi connectivity index (χ4n) is 4.14. The van der Waals surface area contributed by atoms with Crippen molar-refractivity contribution in [1.82, 2.24) is 15.1 Å². The minimum Gasteiger partial charge on any atom is -0.491 e. The zero-order valence-corrected chi connectivity index (χ0v) is 15.8. The van der Waals surface area contributed by atoms with E-state index in [-0.39, 0.29) is 18.1 Å². The number of carbonyl (C=O) groups is 1. The molecule has 142 valence electrons. The van der Waals surface area contributed by atoms with Crippen LogP contribution in [0.4, 0.5) is 4.79 Å². The molecule has 0 spiro atoms. The number of ether oxygens (including phenoxy) is 1. The second kappa shape index (κ2) is 8.01. The van der Waals surface area contributed by atoms with Crippen LogP contribution < -0.4 is 10.1 Å². The Morgan fingerprint density at radius 3 is 2.48 bits per heavy atom. The summed E-state index contributed by atoms with van der Waals surface area (Å²) in [5.41, 5.74) is 2.17. The first-order chi connectivity index (χ1) is 13.2. The van der Waals surface area contributed by atoms with Crippen LogP contribution in [0.3, 0.4) is 0 Å². The quantitative estimate of drug-likeness (QED) is 0.888. The molecule has 1 atom stereocenters. The zero-order valence-electron chi connectivity index (χ0n) is 15.8. The Hall–Kier alpha value is -2.53. The molecule has 1 fully saturated rings. The molecule has 0 bridgehead atoms. The number of nitrogens with zero attached hydrogens (tertiary/aromatic N) is 2. The van der Waals surface area contributed by atoms with Crippen LogP contribution in [0.15, 0.2) is 54.6 Å². The van der Waals surface area contributed by atoms with E-state index >= 15 is 0 Å². The Bertz CT molecular complexity index is 772. The van der Waals surface area contributed by atoms with E-state index in [2.05, 4.69) is 40.4 Å². The van der Waals surface area contributed by atoms with Gasteiger partial charge in [-0.05, 0) is 44.6 Å². The van der Waals surface area contributed by atoms with Gasteiger partial charge in [0, 0.05) is 11.6 Å². The number of amides is 2. The van der Waals surface area contributed by atoms with Crippen LogP contribution in [0, 0.1) is 0 Å². The molecule has 2 aromatic rings. The molecular weight excluding hydrogens is 338 g/mol. The number of para-hydroxylation sites is 1. The van der Waals surface area contributed by atoms with Crippen molar-refractivity contribution in [2.75, 3.05) is 33.3 Å². The van der Waals surface area contributed by atoms with Crippen LogP contribution in [-0.2, 0) is 0 Å². The van der Waals surface area contributed by atoms with E-state index in [1.807, 2.05) is 36.4 Å². The van der Waals surface area contributed by atoms with Crippen molar-refractivity contribution in [3.63, 3.8) is 0 Å². The van der Waals surface area contributed by atoms with Gasteiger partial charge in [-0.1, -0.05) is 48.5 Å². The summed E-state index contributed by atoms with van der Waals surface area (Å²) in [4.78, 5) is 17.6. The van der Waals surface area contributed by atoms with Crippen LogP contribution in [0.2, 0.25) is 0 Å². The molecule has 5 nitrogen and oxygen atoms in total. The lowest BCUT2D eigenvalue weighted by atomic mass is 9.92.